The summed E-state index contributed by atoms with van der Waals surface area (Å²) in [5, 5.41) is 22.5. The van der Waals surface area contributed by atoms with Gasteiger partial charge in [0, 0.05) is 13.0 Å². The summed E-state index contributed by atoms with van der Waals surface area (Å²) in [6.45, 7) is 0.211. The average molecular weight is 770 g/mol. The van der Waals surface area contributed by atoms with Gasteiger partial charge in [0.1, 0.15) is 22.6 Å². The van der Waals surface area contributed by atoms with Crippen LogP contribution in [-0.4, -0.2) is 45.8 Å². The molecule has 0 bridgehead atoms. The van der Waals surface area contributed by atoms with Crippen LogP contribution in [0.2, 0.25) is 0 Å². The number of amides is 2. The number of nitrogens with one attached hydrogen (secondary N) is 3. The molecule has 7 aromatic rings. The molecule has 0 saturated heterocycles. The lowest BCUT2D eigenvalue weighted by molar-refractivity contribution is -0.134. The molecule has 0 saturated carbocycles. The molecule has 290 valence electrons. The smallest absolute Gasteiger partial charge is 0.404 e. The van der Waals surface area contributed by atoms with E-state index in [0.29, 0.717) is 5.82 Å². The van der Waals surface area contributed by atoms with Gasteiger partial charge >= 0.3 is 6.09 Å². The molecule has 6 aromatic carbocycles. The van der Waals surface area contributed by atoms with Crippen LogP contribution < -0.4 is 16.0 Å². The Hall–Kier alpha value is -7.30. The number of aromatic nitrogens is 2. The maximum atomic E-state index is 13.4. The number of carboxylic acid groups (broad SMARTS) is 1. The van der Waals surface area contributed by atoms with Crippen molar-refractivity contribution in [3.8, 4) is 0 Å². The number of benzene rings is 6. The molecule has 0 radical (unpaired) electrons. The number of hydrogen-bond donors (Lipinski definition) is 4. The van der Waals surface area contributed by atoms with Gasteiger partial charge in [-0.1, -0.05) is 182 Å². The zero-order chi connectivity index (χ0) is 40.2. The van der Waals surface area contributed by atoms with E-state index in [1.54, 1.807) is 4.68 Å². The highest BCUT2D eigenvalue weighted by Crippen LogP contribution is 2.43. The quantitative estimate of drug-likeness (QED) is 0.0540. The first-order chi connectivity index (χ1) is 28.4. The van der Waals surface area contributed by atoms with Crippen molar-refractivity contribution in [1.29, 1.82) is 0 Å². The Balaban J connectivity index is 1.33. The number of Topliss-reactive ketones (excluding diaryl/α,β-unsaturated/α-hetero) is 1. The molecule has 0 aliphatic carbocycles. The van der Waals surface area contributed by atoms with Crippen molar-refractivity contribution in [1.82, 2.24) is 15.1 Å². The number of rotatable bonds is 17. The second-order valence-corrected chi connectivity index (χ2v) is 13.6. The van der Waals surface area contributed by atoms with E-state index in [1.165, 1.54) is 6.20 Å². The van der Waals surface area contributed by atoms with Crippen molar-refractivity contribution < 1.29 is 24.2 Å². The summed E-state index contributed by atoms with van der Waals surface area (Å²) in [5.41, 5.74) is 3.86. The molecule has 0 fully saturated rings. The van der Waals surface area contributed by atoms with Crippen LogP contribution in [0.15, 0.2) is 188 Å². The summed E-state index contributed by atoms with van der Waals surface area (Å²) in [5.74, 6) is -1.25. The van der Waals surface area contributed by atoms with Gasteiger partial charge in [-0.25, -0.2) is 9.48 Å². The van der Waals surface area contributed by atoms with Crippen molar-refractivity contribution in [3.05, 3.63) is 222 Å². The van der Waals surface area contributed by atoms with Crippen LogP contribution in [0.25, 0.3) is 0 Å². The second-order valence-electron chi connectivity index (χ2n) is 13.6. The lowest BCUT2D eigenvalue weighted by Gasteiger charge is -2.38. The van der Waals surface area contributed by atoms with Gasteiger partial charge in [0.25, 0.3) is 5.91 Å². The monoisotopic (exact) mass is 769 g/mol. The molecule has 10 heteroatoms. The summed E-state index contributed by atoms with van der Waals surface area (Å²) in [6, 6.07) is 60.3. The van der Waals surface area contributed by atoms with E-state index in [4.69, 9.17) is 14.9 Å². The van der Waals surface area contributed by atoms with Gasteiger partial charge in [0.2, 0.25) is 5.78 Å². The SMILES string of the molecule is O=C(O)NCCC(=O)C(=O)Nc1cnn(CCOC(c2ccccc2)(c2ccccc2)c2ccccc2)c1NC(c1ccccc1)(c1ccccc1)c1ccccc1. The molecule has 1 heterocycles. The minimum absolute atomic E-state index is 0.178. The fourth-order valence-electron chi connectivity index (χ4n) is 7.38. The number of ketones is 1. The van der Waals surface area contributed by atoms with Crippen LogP contribution >= 0.6 is 0 Å². The third-order valence-corrected chi connectivity index (χ3v) is 10.1. The predicted octanol–water partition coefficient (Wildman–Crippen LogP) is 8.46. The van der Waals surface area contributed by atoms with Gasteiger partial charge in [-0.2, -0.15) is 5.10 Å². The van der Waals surface area contributed by atoms with Crippen LogP contribution in [-0.2, 0) is 32.0 Å². The Morgan fingerprint density at radius 1 is 0.586 bits per heavy atom. The molecular formula is C48H43N5O5. The van der Waals surface area contributed by atoms with Crippen LogP contribution in [0.4, 0.5) is 16.3 Å². The van der Waals surface area contributed by atoms with Crippen molar-refractivity contribution in [3.63, 3.8) is 0 Å². The number of nitrogens with zero attached hydrogens (tertiary/aromatic N) is 2. The van der Waals surface area contributed by atoms with Gasteiger partial charge in [-0.05, 0) is 33.4 Å². The number of anilines is 2. The molecule has 2 amide bonds. The molecule has 1 aromatic heterocycles. The molecule has 0 aliphatic rings. The van der Waals surface area contributed by atoms with Gasteiger partial charge in [-0.3, -0.25) is 9.59 Å². The summed E-state index contributed by atoms with van der Waals surface area (Å²) >= 11 is 0. The molecule has 0 spiro atoms. The molecule has 4 N–H and O–H groups in total. The Kier molecular flexibility index (Phi) is 12.2. The maximum absolute atomic E-state index is 13.4. The van der Waals surface area contributed by atoms with E-state index in [2.05, 4.69) is 52.3 Å². The molecule has 7 rings (SSSR count). The lowest BCUT2D eigenvalue weighted by atomic mass is 9.77. The first kappa shape index (κ1) is 39.0. The van der Waals surface area contributed by atoms with E-state index < -0.39 is 28.9 Å². The zero-order valence-corrected chi connectivity index (χ0v) is 31.7. The molecule has 58 heavy (non-hydrogen) atoms. The van der Waals surface area contributed by atoms with Gasteiger partial charge < -0.3 is 25.8 Å². The molecule has 10 nitrogen and oxygen atoms in total. The van der Waals surface area contributed by atoms with Crippen molar-refractivity contribution in [2.75, 3.05) is 23.8 Å². The van der Waals surface area contributed by atoms with Gasteiger partial charge in [0.15, 0.2) is 0 Å². The highest BCUT2D eigenvalue weighted by atomic mass is 16.5. The zero-order valence-electron chi connectivity index (χ0n) is 31.7. The summed E-state index contributed by atoms with van der Waals surface area (Å²) in [6.07, 6.45) is -0.0861. The molecule has 0 aliphatic heterocycles. The van der Waals surface area contributed by atoms with Gasteiger partial charge in [0.05, 0.1) is 19.3 Å². The number of carbonyl (C=O) groups is 3. The lowest BCUT2D eigenvalue weighted by Crippen LogP contribution is -2.39. The summed E-state index contributed by atoms with van der Waals surface area (Å²) < 4.78 is 8.88. The third kappa shape index (κ3) is 8.28. The Morgan fingerprint density at radius 3 is 1.38 bits per heavy atom. The van der Waals surface area contributed by atoms with E-state index >= 15 is 0 Å². The Morgan fingerprint density at radius 2 is 0.983 bits per heavy atom. The van der Waals surface area contributed by atoms with E-state index in [9.17, 15) is 14.4 Å². The molecule has 0 unspecified atom stereocenters. The number of carbonyl (C=O) groups excluding carboxylic acids is 2. The fourth-order valence-corrected chi connectivity index (χ4v) is 7.38. The third-order valence-electron chi connectivity index (χ3n) is 10.1. The predicted molar refractivity (Wildman–Crippen MR) is 224 cm³/mol. The highest BCUT2D eigenvalue weighted by molar-refractivity contribution is 6.40. The van der Waals surface area contributed by atoms with E-state index in [0.717, 1.165) is 33.4 Å². The van der Waals surface area contributed by atoms with E-state index in [1.807, 2.05) is 146 Å². The number of hydrogen-bond acceptors (Lipinski definition) is 6. The van der Waals surface area contributed by atoms with Crippen LogP contribution in [0.5, 0.6) is 0 Å². The fraction of sp³-hybridized carbons (Fsp3) is 0.125. The largest absolute Gasteiger partial charge is 0.465 e. The van der Waals surface area contributed by atoms with Crippen molar-refractivity contribution in [2.45, 2.75) is 24.1 Å². The van der Waals surface area contributed by atoms with Crippen LogP contribution in [0.3, 0.4) is 0 Å². The minimum Gasteiger partial charge on any atom is -0.465 e. The minimum atomic E-state index is -1.28. The van der Waals surface area contributed by atoms with Crippen LogP contribution in [0.1, 0.15) is 39.8 Å². The van der Waals surface area contributed by atoms with E-state index in [-0.39, 0.29) is 31.8 Å². The number of ether oxygens (including phenoxy) is 1. The highest BCUT2D eigenvalue weighted by Gasteiger charge is 2.40. The van der Waals surface area contributed by atoms with Gasteiger partial charge in [-0.15, -0.1) is 0 Å². The molecular weight excluding hydrogens is 727 g/mol. The van der Waals surface area contributed by atoms with Crippen LogP contribution in [0, 0.1) is 0 Å². The first-order valence-electron chi connectivity index (χ1n) is 19.0. The topological polar surface area (TPSA) is 135 Å². The summed E-state index contributed by atoms with van der Waals surface area (Å²) in [4.78, 5) is 37.4. The average Bonchev–Trinajstić information content (AvgIpc) is 3.65. The standard InChI is InChI=1S/C48H43N5O5/c54-43(31-32-49-46(56)57)45(55)51-42-35-50-53(33-34-58-48(39-25-13-4-14-26-39,40-27-15-5-16-28-40)41-29-17-6-18-30-41)44(42)52-47(36-19-7-1-8-20-36,37-21-9-2-10-22-37)38-23-11-3-12-24-38/h1-30,35,49,52H,31-34H2,(H,51,55)(H,56,57). The van der Waals surface area contributed by atoms with Crippen molar-refractivity contribution in [2.24, 2.45) is 0 Å². The summed E-state index contributed by atoms with van der Waals surface area (Å²) in [7, 11) is 0. The van der Waals surface area contributed by atoms with Crippen molar-refractivity contribution >= 4 is 29.3 Å². The molecule has 0 atom stereocenters. The first-order valence-corrected chi connectivity index (χ1v) is 19.0. The normalized spacial score (nSPS) is 11.4. The Bertz CT molecular complexity index is 2220. The maximum Gasteiger partial charge on any atom is 0.404 e. The Labute approximate surface area is 337 Å². The second kappa shape index (κ2) is 18.1.